The van der Waals surface area contributed by atoms with E-state index in [0.29, 0.717) is 35.4 Å². The van der Waals surface area contributed by atoms with Gasteiger partial charge in [0.1, 0.15) is 42.7 Å². The summed E-state index contributed by atoms with van der Waals surface area (Å²) in [5, 5.41) is 4.10. The second-order valence-electron chi connectivity index (χ2n) is 10.1. The van der Waals surface area contributed by atoms with Gasteiger partial charge in [0.25, 0.3) is 5.91 Å². The molecule has 1 amide bonds. The molecule has 9 nitrogen and oxygen atoms in total. The summed E-state index contributed by atoms with van der Waals surface area (Å²) < 4.78 is 22.2. The van der Waals surface area contributed by atoms with E-state index in [2.05, 4.69) is 5.32 Å². The molecule has 1 atom stereocenters. The van der Waals surface area contributed by atoms with Gasteiger partial charge < -0.3 is 29.2 Å². The number of amides is 1. The van der Waals surface area contributed by atoms with Crippen molar-refractivity contribution in [2.24, 2.45) is 5.92 Å². The maximum atomic E-state index is 13.8. The number of rotatable bonds is 14. The molecule has 1 aromatic carbocycles. The number of para-hydroxylation sites is 1. The maximum absolute atomic E-state index is 13.8. The predicted molar refractivity (Wildman–Crippen MR) is 142 cm³/mol. The van der Waals surface area contributed by atoms with Gasteiger partial charge in [-0.1, -0.05) is 19.9 Å². The number of nitrogens with one attached hydrogen (secondary N) is 1. The van der Waals surface area contributed by atoms with Crippen LogP contribution < -0.4 is 14.8 Å². The van der Waals surface area contributed by atoms with Crippen LogP contribution in [0.1, 0.15) is 57.4 Å². The molecule has 3 rings (SSSR count). The summed E-state index contributed by atoms with van der Waals surface area (Å²) in [6.45, 7) is 10.5. The minimum atomic E-state index is -0.156. The van der Waals surface area contributed by atoms with Crippen LogP contribution in [0.4, 0.5) is 0 Å². The van der Waals surface area contributed by atoms with Crippen LogP contribution in [0.15, 0.2) is 24.3 Å². The number of aromatic nitrogens is 1. The quantitative estimate of drug-likeness (QED) is 0.299. The molecule has 1 aliphatic rings. The molecule has 0 saturated carbocycles. The Hall–Kier alpha value is -2.75. The highest BCUT2D eigenvalue weighted by molar-refractivity contribution is 5.99. The minimum absolute atomic E-state index is 0.00172. The largest absolute Gasteiger partial charge is 0.490 e. The standard InChI is InChI=1S/C28H41N3O6/c1-19(2)14-22(32)17-37-25-10-6-9-23-26(36-13-12-35-18-34-5)15-24(30-27(23)25)28(33)31(20(3)4)21-8-7-11-29-16-21/h6,9-10,15,19-21,29H,7-8,11-14,16-18H2,1-5H3/t21-/m1/s1. The normalized spacial score (nSPS) is 15.8. The van der Waals surface area contributed by atoms with Gasteiger partial charge in [0.2, 0.25) is 0 Å². The molecule has 0 radical (unpaired) electrons. The van der Waals surface area contributed by atoms with E-state index in [9.17, 15) is 9.59 Å². The smallest absolute Gasteiger partial charge is 0.273 e. The molecule has 204 valence electrons. The van der Waals surface area contributed by atoms with E-state index in [4.69, 9.17) is 23.9 Å². The van der Waals surface area contributed by atoms with Gasteiger partial charge in [-0.3, -0.25) is 9.59 Å². The Bertz CT molecular complexity index is 1040. The Morgan fingerprint density at radius 2 is 1.95 bits per heavy atom. The van der Waals surface area contributed by atoms with Crippen LogP contribution >= 0.6 is 0 Å². The maximum Gasteiger partial charge on any atom is 0.273 e. The van der Waals surface area contributed by atoms with Gasteiger partial charge in [-0.05, 0) is 51.3 Å². The van der Waals surface area contributed by atoms with Crippen molar-refractivity contribution in [2.75, 3.05) is 46.8 Å². The lowest BCUT2D eigenvalue weighted by molar-refractivity contribution is -0.121. The van der Waals surface area contributed by atoms with Crippen molar-refractivity contribution >= 4 is 22.6 Å². The third-order valence-corrected chi connectivity index (χ3v) is 6.15. The number of fused-ring (bicyclic) bond motifs is 1. The number of ketones is 1. The lowest BCUT2D eigenvalue weighted by atomic mass is 10.0. The van der Waals surface area contributed by atoms with Crippen molar-refractivity contribution in [3.05, 3.63) is 30.0 Å². The van der Waals surface area contributed by atoms with Crippen LogP contribution in [0.25, 0.3) is 10.9 Å². The zero-order valence-corrected chi connectivity index (χ0v) is 22.7. The molecule has 1 aliphatic heterocycles. The Morgan fingerprint density at radius 1 is 1.14 bits per heavy atom. The topological polar surface area (TPSA) is 99.2 Å². The Labute approximate surface area is 219 Å². The first kappa shape index (κ1) is 28.8. The number of Topliss-reactive ketones (excluding diaryl/α,β-unsaturated/α-hetero) is 1. The lowest BCUT2D eigenvalue weighted by Crippen LogP contribution is -2.51. The molecule has 2 heterocycles. The van der Waals surface area contributed by atoms with E-state index < -0.39 is 0 Å². The Balaban J connectivity index is 1.96. The number of nitrogens with zero attached hydrogens (tertiary/aromatic N) is 2. The Morgan fingerprint density at radius 3 is 2.62 bits per heavy atom. The third-order valence-electron chi connectivity index (χ3n) is 6.15. The zero-order valence-electron chi connectivity index (χ0n) is 22.7. The van der Waals surface area contributed by atoms with Crippen molar-refractivity contribution in [3.63, 3.8) is 0 Å². The van der Waals surface area contributed by atoms with Crippen molar-refractivity contribution in [1.29, 1.82) is 0 Å². The molecule has 9 heteroatoms. The van der Waals surface area contributed by atoms with E-state index in [1.165, 1.54) is 0 Å². The van der Waals surface area contributed by atoms with Gasteiger partial charge in [-0.25, -0.2) is 4.98 Å². The van der Waals surface area contributed by atoms with Crippen LogP contribution in [0.3, 0.4) is 0 Å². The van der Waals surface area contributed by atoms with E-state index >= 15 is 0 Å². The fraction of sp³-hybridized carbons (Fsp3) is 0.607. The van der Waals surface area contributed by atoms with E-state index in [-0.39, 0.29) is 55.4 Å². The molecular weight excluding hydrogens is 474 g/mol. The van der Waals surface area contributed by atoms with Gasteiger partial charge in [0, 0.05) is 43.6 Å². The van der Waals surface area contributed by atoms with Crippen molar-refractivity contribution < 1.29 is 28.5 Å². The fourth-order valence-corrected chi connectivity index (χ4v) is 4.59. The Kier molecular flexibility index (Phi) is 11.1. The molecule has 0 unspecified atom stereocenters. The highest BCUT2D eigenvalue weighted by Crippen LogP contribution is 2.33. The van der Waals surface area contributed by atoms with Crippen LogP contribution in [-0.4, -0.2) is 80.5 Å². The summed E-state index contributed by atoms with van der Waals surface area (Å²) in [7, 11) is 1.56. The number of hydrogen-bond donors (Lipinski definition) is 1. The average Bonchev–Trinajstić information content (AvgIpc) is 2.87. The van der Waals surface area contributed by atoms with Crippen molar-refractivity contribution in [1.82, 2.24) is 15.2 Å². The van der Waals surface area contributed by atoms with Crippen LogP contribution in [0.5, 0.6) is 11.5 Å². The average molecular weight is 516 g/mol. The summed E-state index contributed by atoms with van der Waals surface area (Å²) in [5.41, 5.74) is 0.771. The first-order chi connectivity index (χ1) is 17.8. The monoisotopic (exact) mass is 515 g/mol. The highest BCUT2D eigenvalue weighted by atomic mass is 16.7. The van der Waals surface area contributed by atoms with Crippen LogP contribution in [0, 0.1) is 5.92 Å². The molecule has 0 aliphatic carbocycles. The third kappa shape index (κ3) is 8.12. The number of hydrogen-bond acceptors (Lipinski definition) is 8. The first-order valence-corrected chi connectivity index (χ1v) is 13.1. The molecule has 1 N–H and O–H groups in total. The van der Waals surface area contributed by atoms with Gasteiger partial charge >= 0.3 is 0 Å². The molecule has 0 bridgehead atoms. The van der Waals surface area contributed by atoms with Crippen molar-refractivity contribution in [3.8, 4) is 11.5 Å². The molecule has 2 aromatic rings. The van der Waals surface area contributed by atoms with Crippen LogP contribution in [-0.2, 0) is 14.3 Å². The van der Waals surface area contributed by atoms with Gasteiger partial charge in [-0.15, -0.1) is 0 Å². The number of methoxy groups -OCH3 is 1. The second-order valence-corrected chi connectivity index (χ2v) is 10.1. The molecule has 0 spiro atoms. The zero-order chi connectivity index (χ0) is 26.8. The summed E-state index contributed by atoms with van der Waals surface area (Å²) in [6.07, 6.45) is 2.40. The van der Waals surface area contributed by atoms with Gasteiger partial charge in [0.05, 0.1) is 6.61 Å². The van der Waals surface area contributed by atoms with Crippen molar-refractivity contribution in [2.45, 2.75) is 59.0 Å². The minimum Gasteiger partial charge on any atom is -0.490 e. The summed E-state index contributed by atoms with van der Waals surface area (Å²) >= 11 is 0. The van der Waals surface area contributed by atoms with E-state index in [1.807, 2.05) is 44.7 Å². The number of piperidine rings is 1. The number of carbonyl (C=O) groups excluding carboxylic acids is 2. The van der Waals surface area contributed by atoms with E-state index in [1.54, 1.807) is 19.2 Å². The number of benzene rings is 1. The summed E-state index contributed by atoms with van der Waals surface area (Å²) in [5.74, 6) is 1.07. The summed E-state index contributed by atoms with van der Waals surface area (Å²) in [4.78, 5) is 32.8. The fourth-order valence-electron chi connectivity index (χ4n) is 4.59. The molecule has 1 saturated heterocycles. The predicted octanol–water partition coefficient (Wildman–Crippen LogP) is 3.83. The molecule has 37 heavy (non-hydrogen) atoms. The molecular formula is C28H41N3O6. The summed E-state index contributed by atoms with van der Waals surface area (Å²) in [6, 6.07) is 7.25. The van der Waals surface area contributed by atoms with Gasteiger partial charge in [0.15, 0.2) is 5.78 Å². The first-order valence-electron chi connectivity index (χ1n) is 13.1. The number of ether oxygens (including phenoxy) is 4. The van der Waals surface area contributed by atoms with E-state index in [0.717, 1.165) is 25.9 Å². The van der Waals surface area contributed by atoms with Gasteiger partial charge in [-0.2, -0.15) is 0 Å². The molecule has 1 aromatic heterocycles. The second kappa shape index (κ2) is 14.3. The van der Waals surface area contributed by atoms with Crippen LogP contribution in [0.2, 0.25) is 0 Å². The molecule has 1 fully saturated rings. The lowest BCUT2D eigenvalue weighted by Gasteiger charge is -2.37. The SMILES string of the molecule is COCOCCOc1cc(C(=O)N(C(C)C)[C@@H]2CCCNC2)nc2c(OCC(=O)CC(C)C)cccc12. The number of carbonyl (C=O) groups is 2. The number of pyridine rings is 1. The highest BCUT2D eigenvalue weighted by Gasteiger charge is 2.30.